The number of ether oxygens (including phenoxy) is 2. The van der Waals surface area contributed by atoms with Gasteiger partial charge < -0.3 is 24.4 Å². The molecule has 10 heteroatoms. The number of allylic oxidation sites excluding steroid dienone is 12. The van der Waals surface area contributed by atoms with E-state index in [1.54, 1.807) is 6.08 Å². The van der Waals surface area contributed by atoms with Gasteiger partial charge in [0.15, 0.2) is 6.10 Å². The number of esters is 2. The van der Waals surface area contributed by atoms with Crippen molar-refractivity contribution >= 4 is 19.8 Å². The Kier molecular flexibility index (Phi) is 35.5. The Balaban J connectivity index is 4.10. The van der Waals surface area contributed by atoms with Crippen molar-refractivity contribution in [1.29, 1.82) is 0 Å². The molecular weight excluding hydrogens is 691 g/mol. The molecule has 0 amide bonds. The van der Waals surface area contributed by atoms with Gasteiger partial charge in [0.2, 0.25) is 0 Å². The topological polar surface area (TPSA) is 140 Å². The summed E-state index contributed by atoms with van der Waals surface area (Å²) < 4.78 is 26.3. The van der Waals surface area contributed by atoms with E-state index in [1.165, 1.54) is 25.7 Å². The lowest BCUT2D eigenvalue weighted by molar-refractivity contribution is -0.161. The number of phosphoric acid groups is 1. The van der Waals surface area contributed by atoms with E-state index >= 15 is 0 Å². The highest BCUT2D eigenvalue weighted by molar-refractivity contribution is 7.46. The second-order valence-corrected chi connectivity index (χ2v) is 14.3. The first-order chi connectivity index (χ1) is 25.7. The van der Waals surface area contributed by atoms with Crippen molar-refractivity contribution in [3.63, 3.8) is 0 Å². The number of rotatable bonds is 35. The Morgan fingerprint density at radius 3 is 1.74 bits per heavy atom. The second kappa shape index (κ2) is 37.5. The predicted molar refractivity (Wildman–Crippen MR) is 217 cm³/mol. The standard InChI is InChI=1S/C43H71O9P/c1-3-5-7-8-9-10-11-12-13-14-15-16-17-18-19-22-25-28-32-36-42(45)50-38-41(39-51-53(47,48)49)52-43(46)37-33-29-26-23-20-21-24-27-31-35-40(44)34-30-6-4-2/h6,9-10,12-13,15-16,18-19,24,27,30-31,35,40-41,44H,3-5,7-8,11,14,17,20-23,25-26,28-29,32-34,36-39H2,1-2H3,(H2,47,48,49)/b10-9-,13-12-,16-15-,19-18-,27-24+,30-6+,35-31+/t40?,41-/m1/s1. The van der Waals surface area contributed by atoms with Crippen LogP contribution in [-0.2, 0) is 28.2 Å². The van der Waals surface area contributed by atoms with Crippen LogP contribution in [0.25, 0.3) is 0 Å². The van der Waals surface area contributed by atoms with Crippen molar-refractivity contribution in [3.05, 3.63) is 85.1 Å². The lowest BCUT2D eigenvalue weighted by Gasteiger charge is -2.18. The fourth-order valence-electron chi connectivity index (χ4n) is 4.98. The molecule has 3 N–H and O–H groups in total. The molecule has 1 unspecified atom stereocenters. The summed E-state index contributed by atoms with van der Waals surface area (Å²) in [6.07, 6.45) is 46.3. The van der Waals surface area contributed by atoms with Gasteiger partial charge in [0, 0.05) is 12.8 Å². The van der Waals surface area contributed by atoms with Crippen molar-refractivity contribution in [2.45, 2.75) is 161 Å². The van der Waals surface area contributed by atoms with Crippen LogP contribution in [0.2, 0.25) is 0 Å². The molecule has 0 spiro atoms. The maximum atomic E-state index is 12.4. The van der Waals surface area contributed by atoms with E-state index in [9.17, 15) is 19.3 Å². The van der Waals surface area contributed by atoms with E-state index in [4.69, 9.17) is 19.3 Å². The summed E-state index contributed by atoms with van der Waals surface area (Å²) in [5, 5.41) is 9.84. The maximum Gasteiger partial charge on any atom is 0.469 e. The number of hydrogen-bond acceptors (Lipinski definition) is 7. The fourth-order valence-corrected chi connectivity index (χ4v) is 5.34. The number of phosphoric ester groups is 1. The van der Waals surface area contributed by atoms with Crippen LogP contribution in [0.3, 0.4) is 0 Å². The van der Waals surface area contributed by atoms with Gasteiger partial charge in [0.1, 0.15) is 6.61 Å². The third-order valence-electron chi connectivity index (χ3n) is 7.98. The molecule has 302 valence electrons. The zero-order chi connectivity index (χ0) is 39.1. The van der Waals surface area contributed by atoms with Crippen LogP contribution in [0, 0.1) is 0 Å². The molecule has 0 aliphatic heterocycles. The van der Waals surface area contributed by atoms with Crippen LogP contribution >= 0.6 is 7.82 Å². The first-order valence-corrected chi connectivity index (χ1v) is 21.5. The minimum atomic E-state index is -4.78. The highest BCUT2D eigenvalue weighted by Gasteiger charge is 2.22. The van der Waals surface area contributed by atoms with Gasteiger partial charge in [0.05, 0.1) is 12.7 Å². The summed E-state index contributed by atoms with van der Waals surface area (Å²) in [4.78, 5) is 42.8. The van der Waals surface area contributed by atoms with Gasteiger partial charge in [-0.3, -0.25) is 14.1 Å². The lowest BCUT2D eigenvalue weighted by atomic mass is 10.1. The predicted octanol–water partition coefficient (Wildman–Crippen LogP) is 11.0. The normalized spacial score (nSPS) is 14.0. The van der Waals surface area contributed by atoms with Crippen molar-refractivity contribution in [2.24, 2.45) is 0 Å². The molecule has 0 rings (SSSR count). The van der Waals surface area contributed by atoms with E-state index in [0.29, 0.717) is 19.3 Å². The number of aliphatic hydroxyl groups is 1. The molecule has 0 radical (unpaired) electrons. The smallest absolute Gasteiger partial charge is 0.462 e. The molecule has 0 aromatic rings. The summed E-state index contributed by atoms with van der Waals surface area (Å²) in [6, 6.07) is 0. The third kappa shape index (κ3) is 40.2. The first-order valence-electron chi connectivity index (χ1n) is 20.0. The lowest BCUT2D eigenvalue weighted by Crippen LogP contribution is -2.29. The summed E-state index contributed by atoms with van der Waals surface area (Å²) in [7, 11) is -4.78. The molecule has 0 saturated carbocycles. The monoisotopic (exact) mass is 762 g/mol. The summed E-state index contributed by atoms with van der Waals surface area (Å²) in [5.41, 5.74) is 0. The molecule has 0 heterocycles. The van der Waals surface area contributed by atoms with Crippen LogP contribution in [0.5, 0.6) is 0 Å². The summed E-state index contributed by atoms with van der Waals surface area (Å²) in [6.45, 7) is 3.38. The minimum Gasteiger partial charge on any atom is -0.462 e. The fraction of sp³-hybridized carbons (Fsp3) is 0.628. The van der Waals surface area contributed by atoms with Gasteiger partial charge in [-0.2, -0.15) is 0 Å². The molecule has 2 atom stereocenters. The highest BCUT2D eigenvalue weighted by Crippen LogP contribution is 2.36. The van der Waals surface area contributed by atoms with Crippen LogP contribution in [-0.4, -0.2) is 52.3 Å². The average Bonchev–Trinajstić information content (AvgIpc) is 3.12. The highest BCUT2D eigenvalue weighted by atomic mass is 31.2. The Bertz CT molecular complexity index is 1150. The average molecular weight is 763 g/mol. The van der Waals surface area contributed by atoms with Crippen molar-refractivity contribution < 1.29 is 43.0 Å². The van der Waals surface area contributed by atoms with E-state index < -0.39 is 38.6 Å². The van der Waals surface area contributed by atoms with Crippen LogP contribution in [0.1, 0.15) is 149 Å². The SMILES string of the molecule is CC/C=C/CC(O)/C=C/C=C/CCCCCCCC(=O)O[C@H](COC(=O)CCCCC/C=C\C/C=C\C/C=C\C/C=C\CCCCC)COP(=O)(O)O. The number of hydrogen-bond donors (Lipinski definition) is 3. The molecule has 0 aromatic carbocycles. The van der Waals surface area contributed by atoms with Crippen LogP contribution in [0.15, 0.2) is 85.1 Å². The molecule has 0 saturated heterocycles. The van der Waals surface area contributed by atoms with E-state index in [2.05, 4.69) is 73.1 Å². The Morgan fingerprint density at radius 1 is 0.604 bits per heavy atom. The van der Waals surface area contributed by atoms with Crippen LogP contribution in [0.4, 0.5) is 0 Å². The molecule has 0 aliphatic rings. The minimum absolute atomic E-state index is 0.153. The van der Waals surface area contributed by atoms with Crippen LogP contribution < -0.4 is 0 Å². The van der Waals surface area contributed by atoms with Gasteiger partial charge in [-0.15, -0.1) is 0 Å². The first kappa shape index (κ1) is 50.2. The molecule has 9 nitrogen and oxygen atoms in total. The van der Waals surface area contributed by atoms with Gasteiger partial charge in [-0.25, -0.2) is 4.57 Å². The largest absolute Gasteiger partial charge is 0.469 e. The van der Waals surface area contributed by atoms with Crippen molar-refractivity contribution in [1.82, 2.24) is 0 Å². The molecule has 0 bridgehead atoms. The number of unbranched alkanes of at least 4 members (excludes halogenated alkanes) is 11. The molecule has 0 aromatic heterocycles. The molecule has 0 aliphatic carbocycles. The molecule has 53 heavy (non-hydrogen) atoms. The van der Waals surface area contributed by atoms with Gasteiger partial charge >= 0.3 is 19.8 Å². The number of carbonyl (C=O) groups excluding carboxylic acids is 2. The van der Waals surface area contributed by atoms with E-state index in [1.807, 2.05) is 24.3 Å². The van der Waals surface area contributed by atoms with Gasteiger partial charge in [-0.1, -0.05) is 137 Å². The molecule has 0 fully saturated rings. The van der Waals surface area contributed by atoms with Crippen molar-refractivity contribution in [2.75, 3.05) is 13.2 Å². The number of carbonyl (C=O) groups is 2. The van der Waals surface area contributed by atoms with Gasteiger partial charge in [0.25, 0.3) is 0 Å². The van der Waals surface area contributed by atoms with E-state index in [-0.39, 0.29) is 19.4 Å². The Labute approximate surface area is 321 Å². The zero-order valence-electron chi connectivity index (χ0n) is 32.7. The second-order valence-electron chi connectivity index (χ2n) is 13.1. The molecular formula is C43H71O9P. The summed E-state index contributed by atoms with van der Waals surface area (Å²) >= 11 is 0. The Morgan fingerprint density at radius 2 is 1.13 bits per heavy atom. The third-order valence-corrected chi connectivity index (χ3v) is 8.46. The van der Waals surface area contributed by atoms with Crippen molar-refractivity contribution in [3.8, 4) is 0 Å². The van der Waals surface area contributed by atoms with E-state index in [0.717, 1.165) is 77.0 Å². The summed E-state index contributed by atoms with van der Waals surface area (Å²) in [5.74, 6) is -0.984. The zero-order valence-corrected chi connectivity index (χ0v) is 33.6. The quantitative estimate of drug-likeness (QED) is 0.0189. The van der Waals surface area contributed by atoms with Gasteiger partial charge in [-0.05, 0) is 83.5 Å². The Hall–Kier alpha value is -2.81. The maximum absolute atomic E-state index is 12.4. The number of aliphatic hydroxyl groups excluding tert-OH is 1.